The second kappa shape index (κ2) is 5.95. The van der Waals surface area contributed by atoms with E-state index in [1.54, 1.807) is 12.3 Å². The van der Waals surface area contributed by atoms with E-state index in [4.69, 9.17) is 0 Å². The van der Waals surface area contributed by atoms with Gasteiger partial charge < -0.3 is 10.6 Å². The van der Waals surface area contributed by atoms with Crippen LogP contribution in [0.1, 0.15) is 36.8 Å². The van der Waals surface area contributed by atoms with E-state index in [1.807, 2.05) is 52.0 Å². The lowest BCUT2D eigenvalue weighted by Crippen LogP contribution is -2.40. The van der Waals surface area contributed by atoms with Gasteiger partial charge in [-0.3, -0.25) is 4.79 Å². The van der Waals surface area contributed by atoms with Crippen LogP contribution in [-0.2, 0) is 0 Å². The van der Waals surface area contributed by atoms with Crippen molar-refractivity contribution in [1.82, 2.24) is 10.3 Å². The highest BCUT2D eigenvalue weighted by atomic mass is 16.2. The molecule has 2 rings (SSSR count). The fraction of sp³-hybridized carbons (Fsp3) is 0.294. The lowest BCUT2D eigenvalue weighted by Gasteiger charge is -2.20. The molecule has 1 amide bonds. The van der Waals surface area contributed by atoms with E-state index >= 15 is 0 Å². The Hall–Kier alpha value is -2.36. The van der Waals surface area contributed by atoms with Crippen LogP contribution in [0.3, 0.4) is 0 Å². The molecule has 0 fully saturated rings. The quantitative estimate of drug-likeness (QED) is 0.903. The largest absolute Gasteiger partial charge is 0.354 e. The van der Waals surface area contributed by atoms with E-state index in [9.17, 15) is 4.79 Å². The van der Waals surface area contributed by atoms with Crippen molar-refractivity contribution in [2.45, 2.75) is 33.2 Å². The SMILES string of the molecule is Cc1cccc(Nc2ccc(C(=O)NC(C)(C)C)nc2)c1. The summed E-state index contributed by atoms with van der Waals surface area (Å²) in [6, 6.07) is 11.7. The molecule has 0 aliphatic carbocycles. The van der Waals surface area contributed by atoms with Crippen LogP contribution < -0.4 is 10.6 Å². The summed E-state index contributed by atoms with van der Waals surface area (Å²) in [5.74, 6) is -0.162. The number of benzene rings is 1. The molecule has 0 aliphatic rings. The molecule has 2 N–H and O–H groups in total. The van der Waals surface area contributed by atoms with Crippen molar-refractivity contribution in [3.63, 3.8) is 0 Å². The van der Waals surface area contributed by atoms with Crippen LogP contribution >= 0.6 is 0 Å². The monoisotopic (exact) mass is 283 g/mol. The fourth-order valence-corrected chi connectivity index (χ4v) is 1.90. The Kier molecular flexibility index (Phi) is 4.26. The number of pyridine rings is 1. The molecule has 1 aromatic heterocycles. The van der Waals surface area contributed by atoms with Crippen LogP contribution in [0.15, 0.2) is 42.6 Å². The van der Waals surface area contributed by atoms with Crippen molar-refractivity contribution in [3.05, 3.63) is 53.9 Å². The van der Waals surface area contributed by atoms with Crippen molar-refractivity contribution in [2.75, 3.05) is 5.32 Å². The molecular weight excluding hydrogens is 262 g/mol. The first-order valence-corrected chi connectivity index (χ1v) is 6.96. The lowest BCUT2D eigenvalue weighted by atomic mass is 10.1. The molecule has 0 atom stereocenters. The minimum Gasteiger partial charge on any atom is -0.354 e. The van der Waals surface area contributed by atoms with E-state index in [0.29, 0.717) is 5.69 Å². The lowest BCUT2D eigenvalue weighted by molar-refractivity contribution is 0.0914. The second-order valence-corrected chi connectivity index (χ2v) is 6.13. The molecule has 4 nitrogen and oxygen atoms in total. The number of anilines is 2. The number of hydrogen-bond donors (Lipinski definition) is 2. The minimum atomic E-state index is -0.267. The smallest absolute Gasteiger partial charge is 0.270 e. The van der Waals surface area contributed by atoms with Gasteiger partial charge in [-0.15, -0.1) is 0 Å². The summed E-state index contributed by atoms with van der Waals surface area (Å²) in [4.78, 5) is 16.2. The molecular formula is C17H21N3O. The molecule has 110 valence electrons. The number of carbonyl (C=O) groups is 1. The Morgan fingerprint density at radius 3 is 2.43 bits per heavy atom. The first kappa shape index (κ1) is 15.0. The van der Waals surface area contributed by atoms with Crippen molar-refractivity contribution in [2.24, 2.45) is 0 Å². The van der Waals surface area contributed by atoms with Gasteiger partial charge in [0.2, 0.25) is 0 Å². The van der Waals surface area contributed by atoms with Crippen molar-refractivity contribution in [1.29, 1.82) is 0 Å². The highest BCUT2D eigenvalue weighted by Gasteiger charge is 2.15. The summed E-state index contributed by atoms with van der Waals surface area (Å²) in [6.45, 7) is 7.87. The molecule has 2 aromatic rings. The summed E-state index contributed by atoms with van der Waals surface area (Å²) in [5, 5.41) is 6.16. The molecule has 0 saturated carbocycles. The third-order valence-electron chi connectivity index (χ3n) is 2.79. The molecule has 1 aromatic carbocycles. The van der Waals surface area contributed by atoms with Crippen LogP contribution in [0.4, 0.5) is 11.4 Å². The van der Waals surface area contributed by atoms with Gasteiger partial charge in [0.15, 0.2) is 0 Å². The number of nitrogens with zero attached hydrogens (tertiary/aromatic N) is 1. The van der Waals surface area contributed by atoms with Crippen LogP contribution in [0.5, 0.6) is 0 Å². The number of carbonyl (C=O) groups excluding carboxylic acids is 1. The molecule has 0 saturated heterocycles. The zero-order valence-electron chi connectivity index (χ0n) is 12.9. The van der Waals surface area contributed by atoms with E-state index < -0.39 is 0 Å². The maximum Gasteiger partial charge on any atom is 0.270 e. The zero-order chi connectivity index (χ0) is 15.5. The third kappa shape index (κ3) is 4.60. The van der Waals surface area contributed by atoms with E-state index in [1.165, 1.54) is 5.56 Å². The molecule has 0 radical (unpaired) electrons. The van der Waals surface area contributed by atoms with Gasteiger partial charge in [0.25, 0.3) is 5.91 Å². The molecule has 0 spiro atoms. The molecule has 21 heavy (non-hydrogen) atoms. The van der Waals surface area contributed by atoms with Gasteiger partial charge in [0.1, 0.15) is 5.69 Å². The summed E-state index contributed by atoms with van der Waals surface area (Å²) in [5.41, 5.74) is 3.20. The highest BCUT2D eigenvalue weighted by molar-refractivity contribution is 5.92. The van der Waals surface area contributed by atoms with Gasteiger partial charge in [0.05, 0.1) is 11.9 Å². The van der Waals surface area contributed by atoms with Crippen molar-refractivity contribution >= 4 is 17.3 Å². The Balaban J connectivity index is 2.07. The predicted molar refractivity (Wildman–Crippen MR) is 85.9 cm³/mol. The number of amides is 1. The number of aryl methyl sites for hydroxylation is 1. The highest BCUT2D eigenvalue weighted by Crippen LogP contribution is 2.17. The Bertz CT molecular complexity index is 627. The van der Waals surface area contributed by atoms with E-state index in [-0.39, 0.29) is 11.4 Å². The number of aromatic nitrogens is 1. The van der Waals surface area contributed by atoms with E-state index in [0.717, 1.165) is 11.4 Å². The second-order valence-electron chi connectivity index (χ2n) is 6.13. The van der Waals surface area contributed by atoms with Crippen LogP contribution in [0.25, 0.3) is 0 Å². The molecule has 0 bridgehead atoms. The van der Waals surface area contributed by atoms with Crippen LogP contribution in [0.2, 0.25) is 0 Å². The third-order valence-corrected chi connectivity index (χ3v) is 2.79. The Labute approximate surface area is 125 Å². The number of nitrogens with one attached hydrogen (secondary N) is 2. The molecule has 0 aliphatic heterocycles. The van der Waals surface area contributed by atoms with Gasteiger partial charge in [-0.05, 0) is 57.5 Å². The van der Waals surface area contributed by atoms with Crippen LogP contribution in [0, 0.1) is 6.92 Å². The van der Waals surface area contributed by atoms with Crippen LogP contribution in [-0.4, -0.2) is 16.4 Å². The summed E-state index contributed by atoms with van der Waals surface area (Å²) >= 11 is 0. The maximum atomic E-state index is 12.0. The summed E-state index contributed by atoms with van der Waals surface area (Å²) < 4.78 is 0. The Morgan fingerprint density at radius 2 is 1.86 bits per heavy atom. The minimum absolute atomic E-state index is 0.162. The summed E-state index contributed by atoms with van der Waals surface area (Å²) in [6.07, 6.45) is 1.67. The summed E-state index contributed by atoms with van der Waals surface area (Å²) in [7, 11) is 0. The van der Waals surface area contributed by atoms with Crippen molar-refractivity contribution in [3.8, 4) is 0 Å². The molecule has 1 heterocycles. The van der Waals surface area contributed by atoms with Gasteiger partial charge in [-0.1, -0.05) is 12.1 Å². The zero-order valence-corrected chi connectivity index (χ0v) is 12.9. The fourth-order valence-electron chi connectivity index (χ4n) is 1.90. The topological polar surface area (TPSA) is 54.0 Å². The normalized spacial score (nSPS) is 11.0. The first-order valence-electron chi connectivity index (χ1n) is 6.96. The first-order chi connectivity index (χ1) is 9.83. The van der Waals surface area contributed by atoms with E-state index in [2.05, 4.69) is 21.7 Å². The Morgan fingerprint density at radius 1 is 1.10 bits per heavy atom. The predicted octanol–water partition coefficient (Wildman–Crippen LogP) is 3.66. The van der Waals surface area contributed by atoms with Gasteiger partial charge >= 0.3 is 0 Å². The molecule has 0 unspecified atom stereocenters. The average molecular weight is 283 g/mol. The number of rotatable bonds is 3. The van der Waals surface area contributed by atoms with Gasteiger partial charge in [-0.25, -0.2) is 4.98 Å². The van der Waals surface area contributed by atoms with Gasteiger partial charge in [-0.2, -0.15) is 0 Å². The molecule has 4 heteroatoms. The van der Waals surface area contributed by atoms with Crippen molar-refractivity contribution < 1.29 is 4.79 Å². The standard InChI is InChI=1S/C17H21N3O/c1-12-6-5-7-13(10-12)19-14-8-9-15(18-11-14)16(21)20-17(2,3)4/h5-11,19H,1-4H3,(H,20,21). The number of hydrogen-bond acceptors (Lipinski definition) is 3. The maximum absolute atomic E-state index is 12.0. The average Bonchev–Trinajstić information content (AvgIpc) is 2.37. The van der Waals surface area contributed by atoms with Gasteiger partial charge in [0, 0.05) is 11.2 Å².